The molecule has 0 fully saturated rings. The number of carbonyl (C=O) groups excluding carboxylic acids is 1. The second-order valence-electron chi connectivity index (χ2n) is 5.17. The van der Waals surface area contributed by atoms with Gasteiger partial charge in [-0.2, -0.15) is 0 Å². The maximum atomic E-state index is 12.0. The minimum Gasteiger partial charge on any atom is -0.325 e. The second-order valence-corrected chi connectivity index (χ2v) is 6.97. The van der Waals surface area contributed by atoms with Gasteiger partial charge in [0.2, 0.25) is 15.9 Å². The summed E-state index contributed by atoms with van der Waals surface area (Å²) in [6, 6.07) is 16.3. The fourth-order valence-corrected chi connectivity index (χ4v) is 3.18. The molecule has 0 atom stereocenters. The topological polar surface area (TPSA) is 75.3 Å². The van der Waals surface area contributed by atoms with Gasteiger partial charge in [0.25, 0.3) is 0 Å². The average Bonchev–Trinajstić information content (AvgIpc) is 2.54. The van der Waals surface area contributed by atoms with E-state index in [2.05, 4.69) is 10.0 Å². The third-order valence-electron chi connectivity index (χ3n) is 3.27. The standard InChI is InChI=1S/C17H20N2O3S/c1-2-14-9-6-10-16(11-14)19-17(20)12-18-23(21,22)13-15-7-4-3-5-8-15/h3-11,18H,2,12-13H2,1H3,(H,19,20). The van der Waals surface area contributed by atoms with Crippen LogP contribution in [-0.2, 0) is 27.0 Å². The van der Waals surface area contributed by atoms with Gasteiger partial charge in [0.15, 0.2) is 0 Å². The summed E-state index contributed by atoms with van der Waals surface area (Å²) in [6.45, 7) is 1.74. The van der Waals surface area contributed by atoms with Gasteiger partial charge < -0.3 is 5.32 Å². The number of aryl methyl sites for hydroxylation is 1. The third-order valence-corrected chi connectivity index (χ3v) is 4.57. The van der Waals surface area contributed by atoms with Crippen LogP contribution in [0.3, 0.4) is 0 Å². The van der Waals surface area contributed by atoms with Gasteiger partial charge in [-0.25, -0.2) is 13.1 Å². The molecule has 2 rings (SSSR count). The second kappa shape index (κ2) is 7.89. The molecule has 0 saturated carbocycles. The van der Waals surface area contributed by atoms with E-state index in [0.29, 0.717) is 11.3 Å². The summed E-state index contributed by atoms with van der Waals surface area (Å²) in [5.41, 5.74) is 2.44. The van der Waals surface area contributed by atoms with Crippen molar-refractivity contribution in [2.24, 2.45) is 0 Å². The van der Waals surface area contributed by atoms with Crippen LogP contribution in [0.4, 0.5) is 5.69 Å². The van der Waals surface area contributed by atoms with Crippen molar-refractivity contribution in [2.75, 3.05) is 11.9 Å². The molecular formula is C17H20N2O3S. The van der Waals surface area contributed by atoms with Crippen molar-refractivity contribution in [1.82, 2.24) is 4.72 Å². The Bertz CT molecular complexity index is 758. The van der Waals surface area contributed by atoms with Gasteiger partial charge in [-0.05, 0) is 29.7 Å². The monoisotopic (exact) mass is 332 g/mol. The van der Waals surface area contributed by atoms with Gasteiger partial charge in [-0.3, -0.25) is 4.79 Å². The van der Waals surface area contributed by atoms with E-state index in [-0.39, 0.29) is 12.3 Å². The zero-order chi connectivity index (χ0) is 16.7. The maximum absolute atomic E-state index is 12.0. The summed E-state index contributed by atoms with van der Waals surface area (Å²) in [6.07, 6.45) is 0.868. The molecule has 0 aliphatic rings. The fraction of sp³-hybridized carbons (Fsp3) is 0.235. The maximum Gasteiger partial charge on any atom is 0.239 e. The molecule has 2 N–H and O–H groups in total. The smallest absolute Gasteiger partial charge is 0.239 e. The van der Waals surface area contributed by atoms with Crippen LogP contribution in [0.5, 0.6) is 0 Å². The number of hydrogen-bond donors (Lipinski definition) is 2. The van der Waals surface area contributed by atoms with Crippen LogP contribution < -0.4 is 10.0 Å². The molecule has 0 heterocycles. The SMILES string of the molecule is CCc1cccc(NC(=O)CNS(=O)(=O)Cc2ccccc2)c1. The van der Waals surface area contributed by atoms with Crippen LogP contribution in [0.1, 0.15) is 18.1 Å². The highest BCUT2D eigenvalue weighted by Gasteiger charge is 2.13. The number of sulfonamides is 1. The van der Waals surface area contributed by atoms with Crippen molar-refractivity contribution in [3.8, 4) is 0 Å². The number of rotatable bonds is 7. The van der Waals surface area contributed by atoms with Crippen LogP contribution in [0.25, 0.3) is 0 Å². The summed E-state index contributed by atoms with van der Waals surface area (Å²) < 4.78 is 26.2. The molecule has 0 aliphatic carbocycles. The molecule has 1 amide bonds. The summed E-state index contributed by atoms with van der Waals surface area (Å²) >= 11 is 0. The van der Waals surface area contributed by atoms with Crippen molar-refractivity contribution in [3.63, 3.8) is 0 Å². The highest BCUT2D eigenvalue weighted by atomic mass is 32.2. The zero-order valence-electron chi connectivity index (χ0n) is 13.0. The Morgan fingerprint density at radius 2 is 1.70 bits per heavy atom. The third kappa shape index (κ3) is 5.84. The largest absolute Gasteiger partial charge is 0.325 e. The molecule has 6 heteroatoms. The van der Waals surface area contributed by atoms with E-state index < -0.39 is 15.9 Å². The lowest BCUT2D eigenvalue weighted by Crippen LogP contribution is -2.33. The Balaban J connectivity index is 1.88. The van der Waals surface area contributed by atoms with Crippen molar-refractivity contribution < 1.29 is 13.2 Å². The quantitative estimate of drug-likeness (QED) is 0.817. The molecule has 0 spiro atoms. The summed E-state index contributed by atoms with van der Waals surface area (Å²) in [5, 5.41) is 2.69. The van der Waals surface area contributed by atoms with E-state index in [9.17, 15) is 13.2 Å². The van der Waals surface area contributed by atoms with Crippen molar-refractivity contribution in [2.45, 2.75) is 19.1 Å². The molecule has 0 bridgehead atoms. The lowest BCUT2D eigenvalue weighted by molar-refractivity contribution is -0.115. The molecule has 2 aromatic rings. The van der Waals surface area contributed by atoms with E-state index >= 15 is 0 Å². The Labute approximate surface area is 136 Å². The van der Waals surface area contributed by atoms with Gasteiger partial charge in [-0.1, -0.05) is 49.4 Å². The first-order valence-electron chi connectivity index (χ1n) is 7.38. The summed E-state index contributed by atoms with van der Waals surface area (Å²) in [5.74, 6) is -0.540. The Kier molecular flexibility index (Phi) is 5.90. The molecule has 0 radical (unpaired) electrons. The first-order valence-corrected chi connectivity index (χ1v) is 9.04. The van der Waals surface area contributed by atoms with Gasteiger partial charge in [0, 0.05) is 5.69 Å². The Hall–Kier alpha value is -2.18. The summed E-state index contributed by atoms with van der Waals surface area (Å²) in [7, 11) is -3.55. The zero-order valence-corrected chi connectivity index (χ0v) is 13.8. The van der Waals surface area contributed by atoms with Gasteiger partial charge >= 0.3 is 0 Å². The minimum absolute atomic E-state index is 0.146. The first-order chi connectivity index (χ1) is 11.0. The lowest BCUT2D eigenvalue weighted by atomic mass is 10.1. The summed E-state index contributed by atoms with van der Waals surface area (Å²) in [4.78, 5) is 11.9. The van der Waals surface area contributed by atoms with E-state index in [1.54, 1.807) is 30.3 Å². The van der Waals surface area contributed by atoms with Crippen molar-refractivity contribution in [3.05, 3.63) is 65.7 Å². The molecule has 122 valence electrons. The predicted molar refractivity (Wildman–Crippen MR) is 91.5 cm³/mol. The minimum atomic E-state index is -3.55. The fourth-order valence-electron chi connectivity index (χ4n) is 2.09. The van der Waals surface area contributed by atoms with Crippen LogP contribution in [0.2, 0.25) is 0 Å². The van der Waals surface area contributed by atoms with Crippen LogP contribution in [0, 0.1) is 0 Å². The van der Waals surface area contributed by atoms with Gasteiger partial charge in [-0.15, -0.1) is 0 Å². The molecule has 2 aromatic carbocycles. The number of benzene rings is 2. The molecule has 5 nitrogen and oxygen atoms in total. The molecule has 0 unspecified atom stereocenters. The normalized spacial score (nSPS) is 11.2. The molecule has 0 aromatic heterocycles. The molecular weight excluding hydrogens is 312 g/mol. The number of carbonyl (C=O) groups is 1. The number of anilines is 1. The average molecular weight is 332 g/mol. The Morgan fingerprint density at radius 1 is 1.00 bits per heavy atom. The van der Waals surface area contributed by atoms with E-state index in [1.807, 2.05) is 31.2 Å². The van der Waals surface area contributed by atoms with Crippen molar-refractivity contribution >= 4 is 21.6 Å². The van der Waals surface area contributed by atoms with Crippen LogP contribution >= 0.6 is 0 Å². The van der Waals surface area contributed by atoms with Gasteiger partial charge in [0.1, 0.15) is 0 Å². The number of nitrogens with one attached hydrogen (secondary N) is 2. The highest BCUT2D eigenvalue weighted by Crippen LogP contribution is 2.11. The highest BCUT2D eigenvalue weighted by molar-refractivity contribution is 7.88. The first kappa shape index (κ1) is 17.2. The Morgan fingerprint density at radius 3 is 2.39 bits per heavy atom. The molecule has 23 heavy (non-hydrogen) atoms. The number of hydrogen-bond acceptors (Lipinski definition) is 3. The number of amides is 1. The molecule has 0 saturated heterocycles. The van der Waals surface area contributed by atoms with Crippen molar-refractivity contribution in [1.29, 1.82) is 0 Å². The molecule has 0 aliphatic heterocycles. The van der Waals surface area contributed by atoms with E-state index in [4.69, 9.17) is 0 Å². The van der Waals surface area contributed by atoms with Crippen LogP contribution in [0.15, 0.2) is 54.6 Å². The van der Waals surface area contributed by atoms with E-state index in [0.717, 1.165) is 12.0 Å². The van der Waals surface area contributed by atoms with Crippen LogP contribution in [-0.4, -0.2) is 20.9 Å². The lowest BCUT2D eigenvalue weighted by Gasteiger charge is -2.09. The van der Waals surface area contributed by atoms with E-state index in [1.165, 1.54) is 0 Å². The predicted octanol–water partition coefficient (Wildman–Crippen LogP) is 2.31. The van der Waals surface area contributed by atoms with Gasteiger partial charge in [0.05, 0.1) is 12.3 Å².